The lowest BCUT2D eigenvalue weighted by Crippen LogP contribution is -2.31. The van der Waals surface area contributed by atoms with Crippen molar-refractivity contribution in [3.63, 3.8) is 0 Å². The Kier molecular flexibility index (Phi) is 5.07. The van der Waals surface area contributed by atoms with Crippen molar-refractivity contribution >= 4 is 11.9 Å². The van der Waals surface area contributed by atoms with Gasteiger partial charge in [-0.3, -0.25) is 9.59 Å². The SMILES string of the molecule is CCC(=O)Oc1c(OC)cc([C@@H]2c3cc4c(cc3C[C@H]3COC(=O)[C@@H]32)OCO4)cc1OC. The number of cyclic esters (lactones) is 1. The third-order valence-corrected chi connectivity index (χ3v) is 6.38. The molecule has 5 rings (SSSR count). The van der Waals surface area contributed by atoms with Crippen molar-refractivity contribution in [2.45, 2.75) is 25.7 Å². The van der Waals surface area contributed by atoms with E-state index in [1.54, 1.807) is 19.1 Å². The van der Waals surface area contributed by atoms with Gasteiger partial charge in [0.15, 0.2) is 23.0 Å². The van der Waals surface area contributed by atoms with E-state index in [0.29, 0.717) is 29.6 Å². The molecule has 0 spiro atoms. The van der Waals surface area contributed by atoms with Crippen LogP contribution >= 0.6 is 0 Å². The van der Waals surface area contributed by atoms with Crippen molar-refractivity contribution < 1.29 is 38.0 Å². The molecule has 32 heavy (non-hydrogen) atoms. The summed E-state index contributed by atoms with van der Waals surface area (Å²) in [6.45, 7) is 2.27. The standard InChI is InChI=1S/C24H24O8/c1-4-20(25)32-23-18(27-2)7-13(8-19(23)28-3)21-15-9-17-16(30-11-31-17)6-12(15)5-14-10-29-24(26)22(14)21/h6-9,14,21-22H,4-5,10-11H2,1-3H3/t14-,21+,22-/m0/s1. The predicted octanol–water partition coefficient (Wildman–Crippen LogP) is 3.23. The normalized spacial score (nSPS) is 22.6. The first kappa shape index (κ1) is 20.5. The number of hydrogen-bond donors (Lipinski definition) is 0. The summed E-state index contributed by atoms with van der Waals surface area (Å²) in [5.41, 5.74) is 2.89. The van der Waals surface area contributed by atoms with E-state index >= 15 is 0 Å². The van der Waals surface area contributed by atoms with Crippen LogP contribution in [0, 0.1) is 11.8 Å². The monoisotopic (exact) mass is 440 g/mol. The summed E-state index contributed by atoms with van der Waals surface area (Å²) in [5.74, 6) is 1.09. The molecule has 1 saturated heterocycles. The molecule has 0 N–H and O–H groups in total. The van der Waals surface area contributed by atoms with Gasteiger partial charge in [0.25, 0.3) is 0 Å². The predicted molar refractivity (Wildman–Crippen MR) is 112 cm³/mol. The first-order chi connectivity index (χ1) is 15.5. The van der Waals surface area contributed by atoms with Gasteiger partial charge in [-0.15, -0.1) is 0 Å². The second kappa shape index (κ2) is 7.93. The maximum Gasteiger partial charge on any atom is 0.311 e. The van der Waals surface area contributed by atoms with Gasteiger partial charge < -0.3 is 28.4 Å². The van der Waals surface area contributed by atoms with Crippen molar-refractivity contribution in [1.29, 1.82) is 0 Å². The van der Waals surface area contributed by atoms with E-state index in [4.69, 9.17) is 28.4 Å². The Morgan fingerprint density at radius 3 is 2.38 bits per heavy atom. The fourth-order valence-corrected chi connectivity index (χ4v) is 4.87. The third-order valence-electron chi connectivity index (χ3n) is 6.38. The molecule has 0 bridgehead atoms. The van der Waals surface area contributed by atoms with E-state index in [9.17, 15) is 9.59 Å². The van der Waals surface area contributed by atoms with Crippen LogP contribution in [0.2, 0.25) is 0 Å². The molecule has 8 nitrogen and oxygen atoms in total. The highest BCUT2D eigenvalue weighted by Crippen LogP contribution is 2.52. The molecule has 3 aliphatic rings. The fraction of sp³-hybridized carbons (Fsp3) is 0.417. The van der Waals surface area contributed by atoms with Crippen LogP contribution < -0.4 is 23.7 Å². The molecule has 168 valence electrons. The molecule has 2 aliphatic heterocycles. The van der Waals surface area contributed by atoms with Crippen molar-refractivity contribution in [1.82, 2.24) is 0 Å². The highest BCUT2D eigenvalue weighted by molar-refractivity contribution is 5.79. The minimum Gasteiger partial charge on any atom is -0.493 e. The molecular formula is C24H24O8. The van der Waals surface area contributed by atoms with Crippen LogP contribution in [0.5, 0.6) is 28.7 Å². The smallest absolute Gasteiger partial charge is 0.311 e. The number of fused-ring (bicyclic) bond motifs is 3. The number of esters is 2. The molecule has 0 radical (unpaired) electrons. The number of carbonyl (C=O) groups is 2. The number of methoxy groups -OCH3 is 2. The molecule has 0 unspecified atom stereocenters. The Balaban J connectivity index is 1.67. The minimum absolute atomic E-state index is 0.0509. The van der Waals surface area contributed by atoms with Gasteiger partial charge in [0, 0.05) is 18.3 Å². The first-order valence-corrected chi connectivity index (χ1v) is 10.6. The van der Waals surface area contributed by atoms with E-state index in [-0.39, 0.29) is 42.7 Å². The first-order valence-electron chi connectivity index (χ1n) is 10.6. The van der Waals surface area contributed by atoms with Crippen LogP contribution in [0.3, 0.4) is 0 Å². The molecule has 2 aromatic rings. The second-order valence-corrected chi connectivity index (χ2v) is 8.08. The lowest BCUT2D eigenvalue weighted by Gasteiger charge is -2.34. The van der Waals surface area contributed by atoms with Crippen LogP contribution in [-0.2, 0) is 20.7 Å². The van der Waals surface area contributed by atoms with Gasteiger partial charge in [-0.1, -0.05) is 6.92 Å². The Hall–Kier alpha value is -3.42. The van der Waals surface area contributed by atoms with Crippen LogP contribution in [-0.4, -0.2) is 39.6 Å². The topological polar surface area (TPSA) is 89.5 Å². The van der Waals surface area contributed by atoms with E-state index in [2.05, 4.69) is 0 Å². The zero-order valence-corrected chi connectivity index (χ0v) is 18.1. The summed E-state index contributed by atoms with van der Waals surface area (Å²) in [7, 11) is 3.00. The van der Waals surface area contributed by atoms with Crippen molar-refractivity contribution in [3.05, 3.63) is 41.0 Å². The highest BCUT2D eigenvalue weighted by Gasteiger charge is 2.48. The zero-order chi connectivity index (χ0) is 22.4. The summed E-state index contributed by atoms with van der Waals surface area (Å²) < 4.78 is 33.2. The number of benzene rings is 2. The van der Waals surface area contributed by atoms with Gasteiger partial charge in [0.2, 0.25) is 12.5 Å². The average Bonchev–Trinajstić information content (AvgIpc) is 3.42. The van der Waals surface area contributed by atoms with E-state index in [1.165, 1.54) is 14.2 Å². The quantitative estimate of drug-likeness (QED) is 0.517. The summed E-state index contributed by atoms with van der Waals surface area (Å²) in [6, 6.07) is 7.55. The Morgan fingerprint density at radius 1 is 1.03 bits per heavy atom. The molecule has 1 aliphatic carbocycles. The molecule has 0 amide bonds. The molecule has 2 heterocycles. The number of carbonyl (C=O) groups excluding carboxylic acids is 2. The average molecular weight is 440 g/mol. The summed E-state index contributed by atoms with van der Waals surface area (Å²) in [6.07, 6.45) is 0.937. The maximum absolute atomic E-state index is 12.8. The highest BCUT2D eigenvalue weighted by atomic mass is 16.7. The molecule has 8 heteroatoms. The Morgan fingerprint density at radius 2 is 1.72 bits per heavy atom. The molecule has 0 saturated carbocycles. The molecule has 0 aromatic heterocycles. The molecule has 1 fully saturated rings. The fourth-order valence-electron chi connectivity index (χ4n) is 4.87. The van der Waals surface area contributed by atoms with Gasteiger partial charge >= 0.3 is 11.9 Å². The number of rotatable bonds is 5. The summed E-state index contributed by atoms with van der Waals surface area (Å²) in [5, 5.41) is 0. The molecule has 2 aromatic carbocycles. The van der Waals surface area contributed by atoms with Gasteiger partial charge in [-0.25, -0.2) is 0 Å². The van der Waals surface area contributed by atoms with Crippen molar-refractivity contribution in [2.24, 2.45) is 11.8 Å². The maximum atomic E-state index is 12.8. The third kappa shape index (κ3) is 3.21. The van der Waals surface area contributed by atoms with E-state index < -0.39 is 5.97 Å². The lowest BCUT2D eigenvalue weighted by molar-refractivity contribution is -0.141. The number of ether oxygens (including phenoxy) is 6. The van der Waals surface area contributed by atoms with Crippen LogP contribution in [0.4, 0.5) is 0 Å². The van der Waals surface area contributed by atoms with Gasteiger partial charge in [0.05, 0.1) is 26.7 Å². The van der Waals surface area contributed by atoms with Crippen LogP contribution in [0.1, 0.15) is 36.0 Å². The van der Waals surface area contributed by atoms with Crippen molar-refractivity contribution in [2.75, 3.05) is 27.6 Å². The van der Waals surface area contributed by atoms with Gasteiger partial charge in [-0.05, 0) is 47.4 Å². The largest absolute Gasteiger partial charge is 0.493 e. The zero-order valence-electron chi connectivity index (χ0n) is 18.1. The van der Waals surface area contributed by atoms with Crippen LogP contribution in [0.25, 0.3) is 0 Å². The minimum atomic E-state index is -0.399. The second-order valence-electron chi connectivity index (χ2n) is 8.08. The lowest BCUT2D eigenvalue weighted by atomic mass is 9.67. The Bertz CT molecular complexity index is 1070. The van der Waals surface area contributed by atoms with Gasteiger partial charge in [-0.2, -0.15) is 0 Å². The van der Waals surface area contributed by atoms with E-state index in [1.807, 2.05) is 12.1 Å². The molecule has 3 atom stereocenters. The molecular weight excluding hydrogens is 416 g/mol. The Labute approximate surface area is 185 Å². The summed E-state index contributed by atoms with van der Waals surface area (Å²) >= 11 is 0. The van der Waals surface area contributed by atoms with E-state index in [0.717, 1.165) is 23.1 Å². The summed E-state index contributed by atoms with van der Waals surface area (Å²) in [4.78, 5) is 24.7. The van der Waals surface area contributed by atoms with Crippen LogP contribution in [0.15, 0.2) is 24.3 Å². The number of hydrogen-bond acceptors (Lipinski definition) is 8. The van der Waals surface area contributed by atoms with Gasteiger partial charge in [0.1, 0.15) is 0 Å². The van der Waals surface area contributed by atoms with Crippen molar-refractivity contribution in [3.8, 4) is 28.7 Å².